The van der Waals surface area contributed by atoms with Crippen LogP contribution in [0.4, 0.5) is 8.78 Å². The number of aliphatic hydroxyl groups is 1. The number of para-hydroxylation sites is 1. The number of hydrogen-bond donors (Lipinski definition) is 2. The number of carbonyl (C=O) groups excluding carboxylic acids is 1. The summed E-state index contributed by atoms with van der Waals surface area (Å²) in [7, 11) is 1.37. The number of aliphatic hydroxyl groups excluding tert-OH is 1. The van der Waals surface area contributed by atoms with Crippen LogP contribution in [0.2, 0.25) is 0 Å². The second-order valence-electron chi connectivity index (χ2n) is 6.91. The van der Waals surface area contributed by atoms with Gasteiger partial charge in [-0.25, -0.2) is 8.78 Å². The van der Waals surface area contributed by atoms with Gasteiger partial charge in [0.1, 0.15) is 11.3 Å². The van der Waals surface area contributed by atoms with Crippen LogP contribution in [0.5, 0.6) is 5.75 Å². The lowest BCUT2D eigenvalue weighted by atomic mass is 10.0. The number of rotatable bonds is 4. The SMILES string of the molecule is COc1ccc(F)c(F)c1-c1cccc2cc(C(=O)N[C@@H]3CC[C@H](O)C3)oc12. The Hall–Kier alpha value is -2.93. The summed E-state index contributed by atoms with van der Waals surface area (Å²) < 4.78 is 39.3. The van der Waals surface area contributed by atoms with Gasteiger partial charge in [-0.3, -0.25) is 4.79 Å². The Morgan fingerprint density at radius 3 is 2.79 bits per heavy atom. The van der Waals surface area contributed by atoms with E-state index in [0.29, 0.717) is 30.2 Å². The highest BCUT2D eigenvalue weighted by atomic mass is 19.2. The highest BCUT2D eigenvalue weighted by molar-refractivity contribution is 6.00. The number of nitrogens with one attached hydrogen (secondary N) is 1. The third kappa shape index (κ3) is 3.22. The number of benzene rings is 2. The minimum Gasteiger partial charge on any atom is -0.496 e. The van der Waals surface area contributed by atoms with Crippen molar-refractivity contribution in [3.8, 4) is 16.9 Å². The number of halogens is 2. The number of furan rings is 1. The second-order valence-corrected chi connectivity index (χ2v) is 6.91. The fourth-order valence-corrected chi connectivity index (χ4v) is 3.67. The minimum absolute atomic E-state index is 0.0617. The molecule has 0 bridgehead atoms. The van der Waals surface area contributed by atoms with Crippen LogP contribution in [0, 0.1) is 11.6 Å². The molecule has 1 aromatic heterocycles. The maximum Gasteiger partial charge on any atom is 0.287 e. The van der Waals surface area contributed by atoms with E-state index in [0.717, 1.165) is 6.07 Å². The molecule has 1 aliphatic carbocycles. The highest BCUT2D eigenvalue weighted by Crippen LogP contribution is 2.39. The van der Waals surface area contributed by atoms with Crippen molar-refractivity contribution in [1.82, 2.24) is 5.32 Å². The van der Waals surface area contributed by atoms with Gasteiger partial charge in [0.15, 0.2) is 17.4 Å². The average molecular weight is 387 g/mol. The second kappa shape index (κ2) is 7.24. The van der Waals surface area contributed by atoms with Crippen molar-refractivity contribution in [2.75, 3.05) is 7.11 Å². The summed E-state index contributed by atoms with van der Waals surface area (Å²) in [5.41, 5.74) is 0.497. The first-order chi connectivity index (χ1) is 13.5. The Labute approximate surface area is 159 Å². The molecule has 146 valence electrons. The normalized spacial score (nSPS) is 19.1. The number of hydrogen-bond acceptors (Lipinski definition) is 4. The Morgan fingerprint density at radius 2 is 2.07 bits per heavy atom. The Bertz CT molecular complexity index is 1050. The van der Waals surface area contributed by atoms with Gasteiger partial charge >= 0.3 is 0 Å². The number of fused-ring (bicyclic) bond motifs is 1. The molecule has 0 spiro atoms. The molecule has 0 unspecified atom stereocenters. The van der Waals surface area contributed by atoms with Crippen LogP contribution in [0.15, 0.2) is 40.8 Å². The quantitative estimate of drug-likeness (QED) is 0.709. The van der Waals surface area contributed by atoms with Gasteiger partial charge in [-0.2, -0.15) is 0 Å². The predicted molar refractivity (Wildman–Crippen MR) is 99.2 cm³/mol. The summed E-state index contributed by atoms with van der Waals surface area (Å²) in [4.78, 5) is 12.5. The van der Waals surface area contributed by atoms with Gasteiger partial charge in [-0.15, -0.1) is 0 Å². The molecule has 3 aromatic rings. The highest BCUT2D eigenvalue weighted by Gasteiger charge is 2.26. The van der Waals surface area contributed by atoms with Crippen LogP contribution < -0.4 is 10.1 Å². The van der Waals surface area contributed by atoms with Crippen molar-refractivity contribution in [2.45, 2.75) is 31.4 Å². The molecule has 1 fully saturated rings. The Morgan fingerprint density at radius 1 is 1.25 bits per heavy atom. The summed E-state index contributed by atoms with van der Waals surface area (Å²) in [6, 6.07) is 8.76. The molecule has 0 saturated heterocycles. The molecule has 0 radical (unpaired) electrons. The lowest BCUT2D eigenvalue weighted by Gasteiger charge is -2.11. The van der Waals surface area contributed by atoms with Crippen molar-refractivity contribution >= 4 is 16.9 Å². The molecule has 2 atom stereocenters. The number of ether oxygens (including phenoxy) is 1. The Balaban J connectivity index is 1.75. The van der Waals surface area contributed by atoms with Crippen LogP contribution in [-0.2, 0) is 0 Å². The Kier molecular flexibility index (Phi) is 4.77. The summed E-state index contributed by atoms with van der Waals surface area (Å²) >= 11 is 0. The fraction of sp³-hybridized carbons (Fsp3) is 0.286. The average Bonchev–Trinajstić information content (AvgIpc) is 3.29. The molecule has 1 saturated carbocycles. The topological polar surface area (TPSA) is 71.7 Å². The van der Waals surface area contributed by atoms with Crippen LogP contribution >= 0.6 is 0 Å². The van der Waals surface area contributed by atoms with Gasteiger partial charge in [-0.1, -0.05) is 18.2 Å². The number of amides is 1. The molecule has 28 heavy (non-hydrogen) atoms. The van der Waals surface area contributed by atoms with Crippen molar-refractivity contribution in [1.29, 1.82) is 0 Å². The van der Waals surface area contributed by atoms with Crippen LogP contribution in [0.3, 0.4) is 0 Å². The van der Waals surface area contributed by atoms with Gasteiger partial charge in [0.2, 0.25) is 0 Å². The van der Waals surface area contributed by atoms with Crippen LogP contribution in [0.25, 0.3) is 22.1 Å². The van der Waals surface area contributed by atoms with E-state index >= 15 is 0 Å². The third-order valence-corrected chi connectivity index (χ3v) is 5.05. The van der Waals surface area contributed by atoms with Gasteiger partial charge in [-0.05, 0) is 37.5 Å². The van der Waals surface area contributed by atoms with E-state index in [9.17, 15) is 18.7 Å². The molecular weight excluding hydrogens is 368 g/mol. The van der Waals surface area contributed by atoms with Gasteiger partial charge in [0.05, 0.1) is 18.8 Å². The van der Waals surface area contributed by atoms with E-state index in [2.05, 4.69) is 5.32 Å². The van der Waals surface area contributed by atoms with Crippen LogP contribution in [-0.4, -0.2) is 30.3 Å². The zero-order valence-corrected chi connectivity index (χ0v) is 15.2. The number of carbonyl (C=O) groups is 1. The van der Waals surface area contributed by atoms with E-state index in [-0.39, 0.29) is 28.7 Å². The smallest absolute Gasteiger partial charge is 0.287 e. The molecule has 2 N–H and O–H groups in total. The van der Waals surface area contributed by atoms with Crippen molar-refractivity contribution < 1.29 is 27.8 Å². The molecule has 5 nitrogen and oxygen atoms in total. The molecular formula is C21H19F2NO4. The maximum atomic E-state index is 14.5. The molecule has 0 aliphatic heterocycles. The summed E-state index contributed by atoms with van der Waals surface area (Å²) in [6.07, 6.45) is 1.44. The van der Waals surface area contributed by atoms with E-state index in [1.165, 1.54) is 13.2 Å². The third-order valence-electron chi connectivity index (χ3n) is 5.05. The van der Waals surface area contributed by atoms with Crippen LogP contribution in [0.1, 0.15) is 29.8 Å². The zero-order valence-electron chi connectivity index (χ0n) is 15.2. The molecule has 2 aromatic carbocycles. The summed E-state index contributed by atoms with van der Waals surface area (Å²) in [5.74, 6) is -2.23. The molecule has 1 heterocycles. The number of methoxy groups -OCH3 is 1. The molecule has 1 amide bonds. The molecule has 4 rings (SSSR count). The molecule has 7 heteroatoms. The van der Waals surface area contributed by atoms with E-state index in [1.807, 2.05) is 0 Å². The largest absolute Gasteiger partial charge is 0.496 e. The lowest BCUT2D eigenvalue weighted by Crippen LogP contribution is -2.32. The zero-order chi connectivity index (χ0) is 19.8. The minimum atomic E-state index is -1.05. The van der Waals surface area contributed by atoms with E-state index < -0.39 is 23.6 Å². The van der Waals surface area contributed by atoms with Gasteiger partial charge in [0, 0.05) is 17.0 Å². The predicted octanol–water partition coefficient (Wildman–Crippen LogP) is 4.03. The first-order valence-corrected chi connectivity index (χ1v) is 9.01. The maximum absolute atomic E-state index is 14.5. The summed E-state index contributed by atoms with van der Waals surface area (Å²) in [6.45, 7) is 0. The first-order valence-electron chi connectivity index (χ1n) is 9.01. The first kappa shape index (κ1) is 18.4. The fourth-order valence-electron chi connectivity index (χ4n) is 3.67. The standard InChI is InChI=1S/C21H19F2NO4/c1-27-16-8-7-15(22)19(23)18(16)14-4-2-3-11-9-17(28-20(11)14)21(26)24-12-5-6-13(25)10-12/h2-4,7-9,12-13,25H,5-6,10H2,1H3,(H,24,26)/t12-,13+/m1/s1. The lowest BCUT2D eigenvalue weighted by molar-refractivity contribution is 0.0908. The molecule has 1 aliphatic rings. The van der Waals surface area contributed by atoms with Gasteiger partial charge in [0.25, 0.3) is 5.91 Å². The summed E-state index contributed by atoms with van der Waals surface area (Å²) in [5, 5.41) is 13.0. The monoisotopic (exact) mass is 387 g/mol. The van der Waals surface area contributed by atoms with Crippen molar-refractivity contribution in [2.24, 2.45) is 0 Å². The van der Waals surface area contributed by atoms with Crippen molar-refractivity contribution in [3.63, 3.8) is 0 Å². The van der Waals surface area contributed by atoms with Crippen molar-refractivity contribution in [3.05, 3.63) is 53.8 Å². The van der Waals surface area contributed by atoms with Gasteiger partial charge < -0.3 is 19.6 Å². The van der Waals surface area contributed by atoms with E-state index in [4.69, 9.17) is 9.15 Å². The van der Waals surface area contributed by atoms with E-state index in [1.54, 1.807) is 24.3 Å².